The zero-order valence-corrected chi connectivity index (χ0v) is 22.0. The van der Waals surface area contributed by atoms with Crippen LogP contribution in [0.3, 0.4) is 0 Å². The molecule has 0 aliphatic carbocycles. The lowest BCUT2D eigenvalue weighted by Gasteiger charge is -2.42. The van der Waals surface area contributed by atoms with Gasteiger partial charge in [-0.05, 0) is 31.9 Å². The van der Waals surface area contributed by atoms with E-state index in [2.05, 4.69) is 12.1 Å². The highest BCUT2D eigenvalue weighted by molar-refractivity contribution is 5.68. The number of rotatable bonds is 7. The van der Waals surface area contributed by atoms with Gasteiger partial charge in [0.25, 0.3) is 6.33 Å². The first kappa shape index (κ1) is 27.9. The lowest BCUT2D eigenvalue weighted by Crippen LogP contribution is -2.65. The molecule has 1 saturated heterocycles. The van der Waals surface area contributed by atoms with Crippen molar-refractivity contribution in [1.29, 1.82) is 0 Å². The van der Waals surface area contributed by atoms with Gasteiger partial charge >= 0.3 is 23.9 Å². The molecule has 37 heavy (non-hydrogen) atoms. The van der Waals surface area contributed by atoms with Crippen LogP contribution in [0.15, 0.2) is 30.9 Å². The van der Waals surface area contributed by atoms with Crippen LogP contribution in [-0.4, -0.2) is 59.5 Å². The summed E-state index contributed by atoms with van der Waals surface area (Å²) in [5, 5.41) is 0. The molecule has 2 heterocycles. The average molecular weight is 518 g/mol. The molecule has 0 saturated carbocycles. The van der Waals surface area contributed by atoms with E-state index >= 15 is 0 Å². The molecule has 2 aromatic rings. The third-order valence-electron chi connectivity index (χ3n) is 5.81. The van der Waals surface area contributed by atoms with Crippen molar-refractivity contribution in [1.82, 2.24) is 4.57 Å². The second-order valence-electron chi connectivity index (χ2n) is 9.11. The quantitative estimate of drug-likeness (QED) is 0.308. The molecule has 11 heteroatoms. The van der Waals surface area contributed by atoms with Gasteiger partial charge in [-0.3, -0.25) is 19.2 Å². The van der Waals surface area contributed by atoms with E-state index in [-0.39, 0.29) is 6.61 Å². The van der Waals surface area contributed by atoms with E-state index in [1.807, 2.05) is 31.5 Å². The number of imidazole rings is 1. The molecular weight excluding hydrogens is 484 g/mol. The fourth-order valence-corrected chi connectivity index (χ4v) is 4.68. The minimum Gasteiger partial charge on any atom is -0.463 e. The molecule has 1 aliphatic rings. The van der Waals surface area contributed by atoms with Crippen LogP contribution in [0, 0.1) is 20.8 Å². The first-order valence-corrected chi connectivity index (χ1v) is 11.8. The van der Waals surface area contributed by atoms with Gasteiger partial charge in [0.05, 0.1) is 0 Å². The fraction of sp³-hybridized carbons (Fsp3) is 0.500. The topological polar surface area (TPSA) is 123 Å². The van der Waals surface area contributed by atoms with Gasteiger partial charge in [0.15, 0.2) is 12.2 Å². The standard InChI is InChI=1S/C26H33N2O9/c1-14-10-15(2)22(16(3)11-14)27-8-9-28(13-27)26-25(36-20(7)32)24(35-19(6)31)23(34-18(5)30)21(37-26)12-33-17(4)29/h8-11,13,21,23-26H,12H2,1-7H3/q+1. The second kappa shape index (κ2) is 11.5. The molecule has 1 aliphatic heterocycles. The summed E-state index contributed by atoms with van der Waals surface area (Å²) < 4.78 is 31.4. The number of carbonyl (C=O) groups is 4. The van der Waals surface area contributed by atoms with E-state index in [1.165, 1.54) is 27.7 Å². The van der Waals surface area contributed by atoms with Crippen LogP contribution in [0.5, 0.6) is 0 Å². The number of ether oxygens (including phenoxy) is 5. The summed E-state index contributed by atoms with van der Waals surface area (Å²) in [4.78, 5) is 47.6. The van der Waals surface area contributed by atoms with Gasteiger partial charge in [-0.1, -0.05) is 17.7 Å². The van der Waals surface area contributed by atoms with Gasteiger partial charge in [-0.2, -0.15) is 0 Å². The highest BCUT2D eigenvalue weighted by Gasteiger charge is 2.54. The second-order valence-corrected chi connectivity index (χ2v) is 9.11. The SMILES string of the molecule is CC(=O)OCC1OC([n+]2ccn(-c3c(C)cc(C)cc3C)c2)C(OC(C)=O)C(OC(C)=O)C1OC(C)=O. The van der Waals surface area contributed by atoms with Crippen LogP contribution >= 0.6 is 0 Å². The van der Waals surface area contributed by atoms with E-state index in [9.17, 15) is 19.2 Å². The maximum atomic E-state index is 12.1. The maximum absolute atomic E-state index is 12.1. The van der Waals surface area contributed by atoms with Gasteiger partial charge in [0, 0.05) is 27.7 Å². The number of carbonyl (C=O) groups excluding carboxylic acids is 4. The van der Waals surface area contributed by atoms with Crippen LogP contribution in [-0.2, 0) is 42.9 Å². The van der Waals surface area contributed by atoms with Gasteiger partial charge in [0.2, 0.25) is 12.3 Å². The number of esters is 4. The van der Waals surface area contributed by atoms with Crippen LogP contribution in [0.1, 0.15) is 50.6 Å². The van der Waals surface area contributed by atoms with Crippen molar-refractivity contribution in [2.75, 3.05) is 6.61 Å². The molecular formula is C26H33N2O9+. The summed E-state index contributed by atoms with van der Waals surface area (Å²) in [6, 6.07) is 4.14. The molecule has 1 fully saturated rings. The Labute approximate surface area is 215 Å². The fourth-order valence-electron chi connectivity index (χ4n) is 4.68. The van der Waals surface area contributed by atoms with Crippen LogP contribution in [0.25, 0.3) is 5.69 Å². The average Bonchev–Trinajstić information content (AvgIpc) is 3.22. The predicted molar refractivity (Wildman–Crippen MR) is 127 cm³/mol. The summed E-state index contributed by atoms with van der Waals surface area (Å²) >= 11 is 0. The lowest BCUT2D eigenvalue weighted by atomic mass is 9.97. The lowest BCUT2D eigenvalue weighted by molar-refractivity contribution is -0.777. The maximum Gasteiger partial charge on any atom is 0.303 e. The Morgan fingerprint density at radius 2 is 1.38 bits per heavy atom. The molecule has 0 bridgehead atoms. The number of hydrogen-bond donors (Lipinski definition) is 0. The Bertz CT molecular complexity index is 1170. The van der Waals surface area contributed by atoms with E-state index < -0.39 is 54.5 Å². The van der Waals surface area contributed by atoms with Crippen molar-refractivity contribution in [3.8, 4) is 5.69 Å². The molecule has 0 amide bonds. The summed E-state index contributed by atoms with van der Waals surface area (Å²) in [5.74, 6) is -2.58. The molecule has 1 aromatic heterocycles. The minimum atomic E-state index is -1.23. The third-order valence-corrected chi connectivity index (χ3v) is 5.81. The first-order chi connectivity index (χ1) is 17.4. The van der Waals surface area contributed by atoms with Crippen molar-refractivity contribution in [2.24, 2.45) is 0 Å². The van der Waals surface area contributed by atoms with Crippen molar-refractivity contribution in [3.05, 3.63) is 47.5 Å². The van der Waals surface area contributed by atoms with E-state index in [0.29, 0.717) is 0 Å². The predicted octanol–water partition coefficient (Wildman–Crippen LogP) is 1.95. The molecule has 3 rings (SSSR count). The number of hydrogen-bond acceptors (Lipinski definition) is 9. The van der Waals surface area contributed by atoms with Crippen LogP contribution in [0.4, 0.5) is 0 Å². The monoisotopic (exact) mass is 517 g/mol. The van der Waals surface area contributed by atoms with Crippen molar-refractivity contribution in [3.63, 3.8) is 0 Å². The zero-order chi connectivity index (χ0) is 27.4. The number of nitrogens with zero attached hydrogens (tertiary/aromatic N) is 2. The van der Waals surface area contributed by atoms with Crippen molar-refractivity contribution < 1.29 is 47.4 Å². The molecule has 0 radical (unpaired) electrons. The molecule has 200 valence electrons. The van der Waals surface area contributed by atoms with Crippen LogP contribution < -0.4 is 4.57 Å². The highest BCUT2D eigenvalue weighted by Crippen LogP contribution is 2.32. The summed E-state index contributed by atoms with van der Waals surface area (Å²) in [7, 11) is 0. The molecule has 11 nitrogen and oxygen atoms in total. The van der Waals surface area contributed by atoms with Gasteiger partial charge in [-0.15, -0.1) is 0 Å². The largest absolute Gasteiger partial charge is 0.463 e. The number of aryl methyl sites for hydroxylation is 3. The summed E-state index contributed by atoms with van der Waals surface area (Å²) in [6.45, 7) is 10.6. The number of benzene rings is 1. The number of aromatic nitrogens is 2. The summed E-state index contributed by atoms with van der Waals surface area (Å²) in [5.41, 5.74) is 4.22. The third kappa shape index (κ3) is 6.73. The van der Waals surface area contributed by atoms with Crippen LogP contribution in [0.2, 0.25) is 0 Å². The van der Waals surface area contributed by atoms with Gasteiger partial charge < -0.3 is 23.7 Å². The molecule has 0 N–H and O–H groups in total. The molecule has 5 unspecified atom stereocenters. The summed E-state index contributed by atoms with van der Waals surface area (Å²) in [6.07, 6.45) is -0.348. The Balaban J connectivity index is 2.09. The minimum absolute atomic E-state index is 0.286. The van der Waals surface area contributed by atoms with Gasteiger partial charge in [-0.25, -0.2) is 9.13 Å². The van der Waals surface area contributed by atoms with E-state index in [0.717, 1.165) is 22.4 Å². The van der Waals surface area contributed by atoms with E-state index in [4.69, 9.17) is 23.7 Å². The zero-order valence-electron chi connectivity index (χ0n) is 22.0. The van der Waals surface area contributed by atoms with E-state index in [1.54, 1.807) is 17.1 Å². The molecule has 1 aromatic carbocycles. The smallest absolute Gasteiger partial charge is 0.303 e. The highest BCUT2D eigenvalue weighted by atomic mass is 16.7. The first-order valence-electron chi connectivity index (χ1n) is 11.8. The normalized spacial score (nSPS) is 23.2. The Hall–Kier alpha value is -3.73. The van der Waals surface area contributed by atoms with Crippen molar-refractivity contribution >= 4 is 23.9 Å². The Morgan fingerprint density at radius 3 is 1.92 bits per heavy atom. The Kier molecular flexibility index (Phi) is 8.69. The Morgan fingerprint density at radius 1 is 0.838 bits per heavy atom. The molecule has 0 spiro atoms. The van der Waals surface area contributed by atoms with Crippen molar-refractivity contribution in [2.45, 2.75) is 79.1 Å². The van der Waals surface area contributed by atoms with Gasteiger partial charge in [0.1, 0.15) is 30.8 Å². The molecule has 5 atom stereocenters.